The van der Waals surface area contributed by atoms with Crippen molar-refractivity contribution in [1.29, 1.82) is 0 Å². The number of halogens is 1. The van der Waals surface area contributed by atoms with Crippen molar-refractivity contribution in [3.05, 3.63) is 75.4 Å². The van der Waals surface area contributed by atoms with Gasteiger partial charge in [-0.1, -0.05) is 29.5 Å². The van der Waals surface area contributed by atoms with Gasteiger partial charge in [0.1, 0.15) is 0 Å². The van der Waals surface area contributed by atoms with E-state index in [-0.39, 0.29) is 5.91 Å². The largest absolute Gasteiger partial charge is 0.379 e. The topological polar surface area (TPSA) is 109 Å². The maximum absolute atomic E-state index is 12.6. The number of nitrogens with two attached hydrogens (primary N) is 1. The average Bonchev–Trinajstić information content (AvgIpc) is 3.46. The summed E-state index contributed by atoms with van der Waals surface area (Å²) in [5.41, 5.74) is 11.7. The van der Waals surface area contributed by atoms with Gasteiger partial charge in [0.05, 0.1) is 30.5 Å². The Morgan fingerprint density at radius 1 is 0.957 bits per heavy atom. The number of carbonyl (C=O) groups excluding carboxylic acids is 2. The van der Waals surface area contributed by atoms with Crippen LogP contribution in [0.4, 0.5) is 4.79 Å². The Balaban J connectivity index is 1.15. The first kappa shape index (κ1) is 33.4. The number of morpholine rings is 1. The van der Waals surface area contributed by atoms with E-state index in [0.29, 0.717) is 42.2 Å². The molecule has 0 saturated carbocycles. The van der Waals surface area contributed by atoms with Crippen molar-refractivity contribution in [2.75, 3.05) is 77.1 Å². The van der Waals surface area contributed by atoms with Crippen LogP contribution in [0.1, 0.15) is 39.2 Å². The molecule has 47 heavy (non-hydrogen) atoms. The summed E-state index contributed by atoms with van der Waals surface area (Å²) in [6.07, 6.45) is 1.73. The van der Waals surface area contributed by atoms with Gasteiger partial charge in [0.25, 0.3) is 5.91 Å². The Kier molecular flexibility index (Phi) is 11.4. The molecule has 1 aromatic heterocycles. The van der Waals surface area contributed by atoms with Crippen molar-refractivity contribution in [1.82, 2.24) is 29.8 Å². The SMILES string of the molecule is NC(=O)N1CCc2c(c(-c3ccc(Cl)c(C#Cc4ccc(C(=O)NCCN5CCOCC5)cc4)c3)nn2CCCN2CCSCC2)C1. The van der Waals surface area contributed by atoms with Gasteiger partial charge in [0.2, 0.25) is 0 Å². The fourth-order valence-corrected chi connectivity index (χ4v) is 7.38. The molecule has 3 aromatic rings. The summed E-state index contributed by atoms with van der Waals surface area (Å²) >= 11 is 8.63. The number of primary amides is 1. The number of rotatable bonds is 9. The van der Waals surface area contributed by atoms with E-state index < -0.39 is 6.03 Å². The summed E-state index contributed by atoms with van der Waals surface area (Å²) in [5, 5.41) is 8.62. The Labute approximate surface area is 285 Å². The number of hydrogen-bond donors (Lipinski definition) is 2. The molecule has 0 spiro atoms. The minimum atomic E-state index is -0.420. The molecule has 3 N–H and O–H groups in total. The second-order valence-corrected chi connectivity index (χ2v) is 13.7. The molecule has 0 radical (unpaired) electrons. The van der Waals surface area contributed by atoms with Crippen molar-refractivity contribution in [3.8, 4) is 23.1 Å². The fourth-order valence-electron chi connectivity index (χ4n) is 6.23. The Morgan fingerprint density at radius 2 is 1.72 bits per heavy atom. The zero-order valence-corrected chi connectivity index (χ0v) is 28.3. The third kappa shape index (κ3) is 8.69. The fraction of sp³-hybridized carbons (Fsp3) is 0.457. The highest BCUT2D eigenvalue weighted by atomic mass is 35.5. The predicted molar refractivity (Wildman–Crippen MR) is 187 cm³/mol. The summed E-state index contributed by atoms with van der Waals surface area (Å²) in [6.45, 7) is 9.86. The molecule has 248 valence electrons. The van der Waals surface area contributed by atoms with Crippen LogP contribution < -0.4 is 11.1 Å². The standard InChI is InChI=1S/C35H42ClN7O3S/c36-31-9-8-29(24-28(31)7-4-26-2-5-27(6-3-26)34(44)38-11-15-41-16-20-46-21-17-41)33-30-25-42(35(37)45)14-10-32(30)43(39-33)13-1-12-40-18-22-47-23-19-40/h2-3,5-6,8-9,24H,1,10-23,25H2,(H2,37,45)(H,38,44). The number of fused-ring (bicyclic) bond motifs is 1. The van der Waals surface area contributed by atoms with Crippen molar-refractivity contribution in [3.63, 3.8) is 0 Å². The quantitative estimate of drug-likeness (QED) is 0.334. The monoisotopic (exact) mass is 675 g/mol. The number of carbonyl (C=O) groups is 2. The molecule has 0 bridgehead atoms. The lowest BCUT2D eigenvalue weighted by Crippen LogP contribution is -2.41. The molecule has 4 heterocycles. The van der Waals surface area contributed by atoms with E-state index in [2.05, 4.69) is 31.6 Å². The number of ether oxygens (including phenoxy) is 1. The van der Waals surface area contributed by atoms with Crippen LogP contribution in [-0.4, -0.2) is 113 Å². The first-order valence-corrected chi connectivity index (χ1v) is 17.9. The van der Waals surface area contributed by atoms with E-state index in [9.17, 15) is 9.59 Å². The highest BCUT2D eigenvalue weighted by molar-refractivity contribution is 7.99. The van der Waals surface area contributed by atoms with Crippen LogP contribution >= 0.6 is 23.4 Å². The Bertz CT molecular complexity index is 1620. The average molecular weight is 676 g/mol. The van der Waals surface area contributed by atoms with Crippen LogP contribution in [0.2, 0.25) is 5.02 Å². The summed E-state index contributed by atoms with van der Waals surface area (Å²) in [4.78, 5) is 31.2. The van der Waals surface area contributed by atoms with E-state index in [1.54, 1.807) is 17.0 Å². The van der Waals surface area contributed by atoms with Crippen LogP contribution in [0.25, 0.3) is 11.3 Å². The molecule has 0 unspecified atom stereocenters. The number of benzene rings is 2. The highest BCUT2D eigenvalue weighted by Gasteiger charge is 2.27. The highest BCUT2D eigenvalue weighted by Crippen LogP contribution is 2.32. The molecule has 2 saturated heterocycles. The van der Waals surface area contributed by atoms with Crippen molar-refractivity contribution in [2.24, 2.45) is 5.73 Å². The molecular weight excluding hydrogens is 634 g/mol. The normalized spacial score (nSPS) is 17.1. The molecule has 2 aromatic carbocycles. The lowest BCUT2D eigenvalue weighted by molar-refractivity contribution is 0.0383. The second-order valence-electron chi connectivity index (χ2n) is 12.0. The van der Waals surface area contributed by atoms with Gasteiger partial charge in [0, 0.05) is 104 Å². The third-order valence-corrected chi connectivity index (χ3v) is 10.2. The van der Waals surface area contributed by atoms with Gasteiger partial charge < -0.3 is 25.6 Å². The number of thioether (sulfide) groups is 1. The van der Waals surface area contributed by atoms with E-state index in [1.165, 1.54) is 17.2 Å². The van der Waals surface area contributed by atoms with Crippen molar-refractivity contribution >= 4 is 35.3 Å². The Morgan fingerprint density at radius 3 is 2.49 bits per heavy atom. The minimum absolute atomic E-state index is 0.100. The summed E-state index contributed by atoms with van der Waals surface area (Å²) in [7, 11) is 0. The summed E-state index contributed by atoms with van der Waals surface area (Å²) in [5.74, 6) is 8.71. The molecule has 3 aliphatic heterocycles. The van der Waals surface area contributed by atoms with Crippen LogP contribution in [0, 0.1) is 11.8 Å². The van der Waals surface area contributed by atoms with Gasteiger partial charge in [-0.3, -0.25) is 14.4 Å². The van der Waals surface area contributed by atoms with Gasteiger partial charge in [0.15, 0.2) is 0 Å². The predicted octanol–water partition coefficient (Wildman–Crippen LogP) is 3.54. The number of aromatic nitrogens is 2. The Hall–Kier alpha value is -3.53. The zero-order valence-electron chi connectivity index (χ0n) is 26.7. The smallest absolute Gasteiger partial charge is 0.315 e. The first-order chi connectivity index (χ1) is 22.9. The molecule has 0 aliphatic carbocycles. The van der Waals surface area contributed by atoms with Gasteiger partial charge in [-0.25, -0.2) is 4.79 Å². The van der Waals surface area contributed by atoms with Crippen molar-refractivity contribution in [2.45, 2.75) is 25.9 Å². The zero-order chi connectivity index (χ0) is 32.6. The number of aryl methyl sites for hydroxylation is 1. The van der Waals surface area contributed by atoms with Gasteiger partial charge in [-0.05, 0) is 49.4 Å². The van der Waals surface area contributed by atoms with Crippen LogP contribution in [0.3, 0.4) is 0 Å². The molecule has 3 amide bonds. The number of urea groups is 1. The molecular formula is C35H42ClN7O3S. The molecule has 10 nitrogen and oxygen atoms in total. The van der Waals surface area contributed by atoms with Gasteiger partial charge >= 0.3 is 6.03 Å². The summed E-state index contributed by atoms with van der Waals surface area (Å²) < 4.78 is 7.51. The maximum Gasteiger partial charge on any atom is 0.315 e. The number of nitrogens with zero attached hydrogens (tertiary/aromatic N) is 5. The van der Waals surface area contributed by atoms with E-state index in [4.69, 9.17) is 27.2 Å². The second kappa shape index (κ2) is 16.0. The molecule has 12 heteroatoms. The third-order valence-electron chi connectivity index (χ3n) is 8.94. The minimum Gasteiger partial charge on any atom is -0.379 e. The lowest BCUT2D eigenvalue weighted by Gasteiger charge is -2.27. The molecule has 6 rings (SSSR count). The maximum atomic E-state index is 12.6. The number of nitrogens with one attached hydrogen (secondary N) is 1. The number of hydrogen-bond acceptors (Lipinski definition) is 7. The van der Waals surface area contributed by atoms with Gasteiger partial charge in [-0.15, -0.1) is 0 Å². The first-order valence-electron chi connectivity index (χ1n) is 16.4. The molecule has 0 atom stereocenters. The van der Waals surface area contributed by atoms with E-state index >= 15 is 0 Å². The van der Waals surface area contributed by atoms with Crippen LogP contribution in [-0.2, 0) is 24.2 Å². The molecule has 3 aliphatic rings. The lowest BCUT2D eigenvalue weighted by atomic mass is 9.99. The molecule has 2 fully saturated rings. The summed E-state index contributed by atoms with van der Waals surface area (Å²) in [6, 6.07) is 12.6. The van der Waals surface area contributed by atoms with E-state index in [1.807, 2.05) is 42.1 Å². The van der Waals surface area contributed by atoms with Gasteiger partial charge in [-0.2, -0.15) is 16.9 Å². The van der Waals surface area contributed by atoms with E-state index in [0.717, 1.165) is 87.8 Å². The van der Waals surface area contributed by atoms with Crippen LogP contribution in [0.5, 0.6) is 0 Å². The number of amides is 3. The van der Waals surface area contributed by atoms with Crippen LogP contribution in [0.15, 0.2) is 42.5 Å². The van der Waals surface area contributed by atoms with Crippen molar-refractivity contribution < 1.29 is 14.3 Å².